The first-order valence-electron chi connectivity index (χ1n) is 6.58. The van der Waals surface area contributed by atoms with Gasteiger partial charge in [0.2, 0.25) is 0 Å². The molecule has 0 unspecified atom stereocenters. The van der Waals surface area contributed by atoms with Gasteiger partial charge in [0.25, 0.3) is 0 Å². The van der Waals surface area contributed by atoms with Gasteiger partial charge < -0.3 is 0 Å². The highest BCUT2D eigenvalue weighted by Gasteiger charge is 2.04. The van der Waals surface area contributed by atoms with Crippen molar-refractivity contribution in [2.45, 2.75) is 20.8 Å². The van der Waals surface area contributed by atoms with Crippen molar-refractivity contribution in [3.63, 3.8) is 0 Å². The van der Waals surface area contributed by atoms with Crippen LogP contribution in [0.3, 0.4) is 0 Å². The second-order valence-corrected chi connectivity index (χ2v) is 5.22. The lowest BCUT2D eigenvalue weighted by molar-refractivity contribution is 1.33. The fourth-order valence-corrected chi connectivity index (χ4v) is 2.56. The van der Waals surface area contributed by atoms with Crippen molar-refractivity contribution in [3.8, 4) is 11.3 Å². The molecular formula is C18H17N. The Morgan fingerprint density at radius 3 is 2.42 bits per heavy atom. The average molecular weight is 247 g/mol. The largest absolute Gasteiger partial charge is 0.248 e. The molecule has 0 bridgehead atoms. The van der Waals surface area contributed by atoms with Crippen molar-refractivity contribution in [1.82, 2.24) is 4.98 Å². The lowest BCUT2D eigenvalue weighted by Gasteiger charge is -2.07. The zero-order valence-corrected chi connectivity index (χ0v) is 11.6. The third kappa shape index (κ3) is 2.24. The van der Waals surface area contributed by atoms with Crippen molar-refractivity contribution in [3.05, 3.63) is 65.2 Å². The van der Waals surface area contributed by atoms with Gasteiger partial charge in [-0.05, 0) is 44.5 Å². The van der Waals surface area contributed by atoms with E-state index in [1.807, 2.05) is 0 Å². The molecule has 1 aromatic heterocycles. The van der Waals surface area contributed by atoms with Crippen LogP contribution in [-0.2, 0) is 0 Å². The number of fused-ring (bicyclic) bond motifs is 1. The molecule has 0 amide bonds. The lowest BCUT2D eigenvalue weighted by Crippen LogP contribution is -1.89. The normalized spacial score (nSPS) is 10.9. The van der Waals surface area contributed by atoms with Gasteiger partial charge in [0.05, 0.1) is 11.2 Å². The molecule has 1 heterocycles. The molecule has 1 nitrogen and oxygen atoms in total. The Bertz CT molecular complexity index is 757. The van der Waals surface area contributed by atoms with Gasteiger partial charge in [-0.15, -0.1) is 0 Å². The third-order valence-electron chi connectivity index (χ3n) is 3.44. The second-order valence-electron chi connectivity index (χ2n) is 5.22. The molecule has 0 saturated carbocycles. The average Bonchev–Trinajstić information content (AvgIpc) is 2.38. The quantitative estimate of drug-likeness (QED) is 0.600. The van der Waals surface area contributed by atoms with Gasteiger partial charge in [-0.3, -0.25) is 0 Å². The predicted molar refractivity (Wildman–Crippen MR) is 81.4 cm³/mol. The summed E-state index contributed by atoms with van der Waals surface area (Å²) in [7, 11) is 0. The molecule has 0 saturated heterocycles. The van der Waals surface area contributed by atoms with Gasteiger partial charge in [-0.2, -0.15) is 0 Å². The van der Waals surface area contributed by atoms with E-state index in [9.17, 15) is 0 Å². The fourth-order valence-electron chi connectivity index (χ4n) is 2.56. The standard InChI is InChI=1S/C18H17N/c1-12-5-4-6-15(10-12)17-8-7-16-11-13(2)9-14(3)18(16)19-17/h4-11H,1-3H3. The highest BCUT2D eigenvalue weighted by molar-refractivity contribution is 5.85. The monoisotopic (exact) mass is 247 g/mol. The first-order chi connectivity index (χ1) is 9.13. The summed E-state index contributed by atoms with van der Waals surface area (Å²) in [6.45, 7) is 6.36. The molecule has 0 radical (unpaired) electrons. The molecular weight excluding hydrogens is 230 g/mol. The molecule has 2 aromatic carbocycles. The molecule has 3 aromatic rings. The summed E-state index contributed by atoms with van der Waals surface area (Å²) in [5, 5.41) is 1.22. The molecule has 19 heavy (non-hydrogen) atoms. The summed E-state index contributed by atoms with van der Waals surface area (Å²) in [5.41, 5.74) is 7.12. The smallest absolute Gasteiger partial charge is 0.0738 e. The van der Waals surface area contributed by atoms with Gasteiger partial charge in [0.15, 0.2) is 0 Å². The second kappa shape index (κ2) is 4.51. The van der Waals surface area contributed by atoms with E-state index in [1.54, 1.807) is 0 Å². The Morgan fingerprint density at radius 2 is 1.63 bits per heavy atom. The zero-order valence-electron chi connectivity index (χ0n) is 11.6. The minimum absolute atomic E-state index is 1.04. The topological polar surface area (TPSA) is 12.9 Å². The van der Waals surface area contributed by atoms with Crippen LogP contribution >= 0.6 is 0 Å². The van der Waals surface area contributed by atoms with E-state index in [-0.39, 0.29) is 0 Å². The summed E-state index contributed by atoms with van der Waals surface area (Å²) in [5.74, 6) is 0. The van der Waals surface area contributed by atoms with E-state index in [4.69, 9.17) is 4.98 Å². The fraction of sp³-hybridized carbons (Fsp3) is 0.167. The van der Waals surface area contributed by atoms with E-state index in [2.05, 4.69) is 69.3 Å². The molecule has 3 rings (SSSR count). The zero-order chi connectivity index (χ0) is 13.4. The molecule has 1 heteroatoms. The Morgan fingerprint density at radius 1 is 0.789 bits per heavy atom. The van der Waals surface area contributed by atoms with Crippen LogP contribution in [0.25, 0.3) is 22.2 Å². The number of hydrogen-bond donors (Lipinski definition) is 0. The molecule has 94 valence electrons. The summed E-state index contributed by atoms with van der Waals surface area (Å²) in [6, 6.07) is 17.1. The highest BCUT2D eigenvalue weighted by atomic mass is 14.7. The Balaban J connectivity index is 2.22. The molecule has 0 atom stereocenters. The van der Waals surface area contributed by atoms with Crippen molar-refractivity contribution in [2.24, 2.45) is 0 Å². The van der Waals surface area contributed by atoms with Gasteiger partial charge in [-0.1, -0.05) is 41.5 Å². The van der Waals surface area contributed by atoms with Gasteiger partial charge in [-0.25, -0.2) is 4.98 Å². The number of rotatable bonds is 1. The number of benzene rings is 2. The lowest BCUT2D eigenvalue weighted by atomic mass is 10.0. The third-order valence-corrected chi connectivity index (χ3v) is 3.44. The maximum absolute atomic E-state index is 4.83. The number of nitrogens with zero attached hydrogens (tertiary/aromatic N) is 1. The number of aryl methyl sites for hydroxylation is 3. The van der Waals surface area contributed by atoms with Crippen molar-refractivity contribution in [2.75, 3.05) is 0 Å². The molecule has 0 aliphatic carbocycles. The number of aromatic nitrogens is 1. The van der Waals surface area contributed by atoms with Crippen LogP contribution in [0, 0.1) is 20.8 Å². The van der Waals surface area contributed by atoms with E-state index < -0.39 is 0 Å². The van der Waals surface area contributed by atoms with Crippen LogP contribution in [0.4, 0.5) is 0 Å². The predicted octanol–water partition coefficient (Wildman–Crippen LogP) is 4.83. The molecule has 0 fully saturated rings. The van der Waals surface area contributed by atoms with Crippen LogP contribution < -0.4 is 0 Å². The first-order valence-corrected chi connectivity index (χ1v) is 6.58. The minimum atomic E-state index is 1.04. The Labute approximate surface area is 113 Å². The van der Waals surface area contributed by atoms with E-state index in [0.29, 0.717) is 0 Å². The van der Waals surface area contributed by atoms with E-state index in [1.165, 1.54) is 27.6 Å². The van der Waals surface area contributed by atoms with Crippen molar-refractivity contribution >= 4 is 10.9 Å². The minimum Gasteiger partial charge on any atom is -0.248 e. The highest BCUT2D eigenvalue weighted by Crippen LogP contribution is 2.24. The van der Waals surface area contributed by atoms with Crippen LogP contribution in [-0.4, -0.2) is 4.98 Å². The maximum atomic E-state index is 4.83. The number of pyridine rings is 1. The van der Waals surface area contributed by atoms with Gasteiger partial charge in [0, 0.05) is 10.9 Å². The van der Waals surface area contributed by atoms with E-state index in [0.717, 1.165) is 11.2 Å². The van der Waals surface area contributed by atoms with Crippen molar-refractivity contribution < 1.29 is 0 Å². The maximum Gasteiger partial charge on any atom is 0.0738 e. The van der Waals surface area contributed by atoms with Crippen LogP contribution in [0.5, 0.6) is 0 Å². The van der Waals surface area contributed by atoms with Crippen LogP contribution in [0.1, 0.15) is 16.7 Å². The van der Waals surface area contributed by atoms with E-state index >= 15 is 0 Å². The van der Waals surface area contributed by atoms with Crippen LogP contribution in [0.15, 0.2) is 48.5 Å². The first kappa shape index (κ1) is 11.9. The summed E-state index contributed by atoms with van der Waals surface area (Å²) < 4.78 is 0. The van der Waals surface area contributed by atoms with Crippen LogP contribution in [0.2, 0.25) is 0 Å². The summed E-state index contributed by atoms with van der Waals surface area (Å²) >= 11 is 0. The Kier molecular flexibility index (Phi) is 2.83. The number of hydrogen-bond acceptors (Lipinski definition) is 1. The Hall–Kier alpha value is -2.15. The van der Waals surface area contributed by atoms with Gasteiger partial charge in [0.1, 0.15) is 0 Å². The SMILES string of the molecule is Cc1cccc(-c2ccc3cc(C)cc(C)c3n2)c1. The molecule has 0 aliphatic heterocycles. The van der Waals surface area contributed by atoms with Crippen molar-refractivity contribution in [1.29, 1.82) is 0 Å². The molecule has 0 N–H and O–H groups in total. The summed E-state index contributed by atoms with van der Waals surface area (Å²) in [6.07, 6.45) is 0. The molecule has 0 spiro atoms. The summed E-state index contributed by atoms with van der Waals surface area (Å²) in [4.78, 5) is 4.83. The van der Waals surface area contributed by atoms with Gasteiger partial charge >= 0.3 is 0 Å². The molecule has 0 aliphatic rings.